The predicted octanol–water partition coefficient (Wildman–Crippen LogP) is 3.93. The minimum Gasteiger partial charge on any atom is -0.192 e. The fraction of sp³-hybridized carbons (Fsp3) is 0. The summed E-state index contributed by atoms with van der Waals surface area (Å²) in [5.74, 6) is 0. The van der Waals surface area contributed by atoms with Crippen LogP contribution in [0, 0.1) is 18.3 Å². The first kappa shape index (κ1) is 11.2. The Hall–Kier alpha value is -2.33. The molecule has 0 heterocycles. The lowest BCUT2D eigenvalue weighted by atomic mass is 10.0. The third kappa shape index (κ3) is 2.83. The van der Waals surface area contributed by atoms with Crippen molar-refractivity contribution in [2.75, 3.05) is 0 Å². The highest BCUT2D eigenvalue weighted by atomic mass is 14.2. The Bertz CT molecular complexity index is 557. The van der Waals surface area contributed by atoms with Crippen LogP contribution in [-0.4, -0.2) is 0 Å². The minimum absolute atomic E-state index is 0.669. The quantitative estimate of drug-likeness (QED) is 0.553. The minimum atomic E-state index is 0.669. The fourth-order valence-electron chi connectivity index (χ4n) is 1.58. The summed E-state index contributed by atoms with van der Waals surface area (Å²) in [6, 6.07) is 19.7. The third-order valence-corrected chi connectivity index (χ3v) is 2.50. The van der Waals surface area contributed by atoms with Crippen molar-refractivity contribution in [1.82, 2.24) is 0 Å². The highest BCUT2D eigenvalue weighted by molar-refractivity contribution is 5.89. The van der Waals surface area contributed by atoms with E-state index in [1.165, 1.54) is 0 Å². The van der Waals surface area contributed by atoms with Gasteiger partial charge in [0, 0.05) is 0 Å². The smallest absolute Gasteiger partial charge is 0.0998 e. The van der Waals surface area contributed by atoms with Crippen molar-refractivity contribution >= 4 is 11.6 Å². The van der Waals surface area contributed by atoms with Crippen LogP contribution in [0.1, 0.15) is 16.7 Å². The lowest BCUT2D eigenvalue weighted by Crippen LogP contribution is -1.81. The topological polar surface area (TPSA) is 23.8 Å². The summed E-state index contributed by atoms with van der Waals surface area (Å²) in [5, 5.41) is 9.16. The molecule has 17 heavy (non-hydrogen) atoms. The molecular formula is C16H12N. The summed E-state index contributed by atoms with van der Waals surface area (Å²) in [5.41, 5.74) is 3.59. The zero-order valence-electron chi connectivity index (χ0n) is 9.43. The van der Waals surface area contributed by atoms with Gasteiger partial charge >= 0.3 is 0 Å². The molecule has 0 aliphatic heterocycles. The van der Waals surface area contributed by atoms with Crippen LogP contribution in [0.3, 0.4) is 0 Å². The summed E-state index contributed by atoms with van der Waals surface area (Å²) < 4.78 is 0. The summed E-state index contributed by atoms with van der Waals surface area (Å²) in [6.45, 7) is 3.83. The van der Waals surface area contributed by atoms with Crippen molar-refractivity contribution in [2.24, 2.45) is 0 Å². The van der Waals surface area contributed by atoms with Crippen molar-refractivity contribution < 1.29 is 0 Å². The van der Waals surface area contributed by atoms with Gasteiger partial charge in [-0.15, -0.1) is 0 Å². The van der Waals surface area contributed by atoms with Crippen LogP contribution < -0.4 is 0 Å². The van der Waals surface area contributed by atoms with E-state index in [0.29, 0.717) is 5.57 Å². The van der Waals surface area contributed by atoms with Crippen LogP contribution in [-0.2, 0) is 0 Å². The second-order valence-corrected chi connectivity index (χ2v) is 3.78. The Morgan fingerprint density at radius 1 is 1.00 bits per heavy atom. The zero-order valence-corrected chi connectivity index (χ0v) is 9.43. The zero-order chi connectivity index (χ0) is 12.1. The number of allylic oxidation sites excluding steroid dienone is 1. The Kier molecular flexibility index (Phi) is 3.37. The first-order valence-electron chi connectivity index (χ1n) is 5.39. The van der Waals surface area contributed by atoms with E-state index in [1.807, 2.05) is 60.7 Å². The molecule has 0 N–H and O–H groups in total. The first-order chi connectivity index (χ1) is 8.29. The van der Waals surface area contributed by atoms with Gasteiger partial charge < -0.3 is 0 Å². The van der Waals surface area contributed by atoms with Gasteiger partial charge in [0.05, 0.1) is 11.6 Å². The fourth-order valence-corrected chi connectivity index (χ4v) is 1.58. The van der Waals surface area contributed by atoms with Gasteiger partial charge in [-0.3, -0.25) is 0 Å². The normalized spacial score (nSPS) is 10.9. The van der Waals surface area contributed by atoms with E-state index in [9.17, 15) is 0 Å². The van der Waals surface area contributed by atoms with Crippen LogP contribution in [0.4, 0.5) is 0 Å². The van der Waals surface area contributed by atoms with Crippen molar-refractivity contribution in [3.05, 3.63) is 78.2 Å². The average molecular weight is 218 g/mol. The average Bonchev–Trinajstić information content (AvgIpc) is 2.39. The number of nitriles is 1. The molecule has 2 rings (SSSR count). The lowest BCUT2D eigenvalue weighted by molar-refractivity contribution is 1.52. The van der Waals surface area contributed by atoms with Gasteiger partial charge in [-0.25, -0.2) is 0 Å². The van der Waals surface area contributed by atoms with Crippen molar-refractivity contribution in [3.63, 3.8) is 0 Å². The summed E-state index contributed by atoms with van der Waals surface area (Å²) >= 11 is 0. The van der Waals surface area contributed by atoms with Gasteiger partial charge in [0.25, 0.3) is 0 Å². The van der Waals surface area contributed by atoms with E-state index < -0.39 is 0 Å². The highest BCUT2D eigenvalue weighted by Gasteiger charge is 1.99. The van der Waals surface area contributed by atoms with E-state index >= 15 is 0 Å². The largest absolute Gasteiger partial charge is 0.192 e. The number of rotatable bonds is 2. The molecule has 0 saturated heterocycles. The van der Waals surface area contributed by atoms with E-state index in [0.717, 1.165) is 16.7 Å². The summed E-state index contributed by atoms with van der Waals surface area (Å²) in [4.78, 5) is 0. The Morgan fingerprint density at radius 3 is 2.24 bits per heavy atom. The summed E-state index contributed by atoms with van der Waals surface area (Å²) in [7, 11) is 0. The van der Waals surface area contributed by atoms with Gasteiger partial charge in [-0.1, -0.05) is 54.6 Å². The van der Waals surface area contributed by atoms with E-state index in [1.54, 1.807) is 0 Å². The second-order valence-electron chi connectivity index (χ2n) is 3.78. The SMILES string of the molecule is [CH2]c1ccc(/C=C(\C#N)c2ccccc2)cc1. The van der Waals surface area contributed by atoms with Gasteiger partial charge in [-0.05, 0) is 29.7 Å². The molecule has 0 aliphatic rings. The maximum atomic E-state index is 9.16. The molecule has 1 nitrogen and oxygen atoms in total. The van der Waals surface area contributed by atoms with E-state index in [4.69, 9.17) is 5.26 Å². The Labute approximate surface area is 102 Å². The maximum Gasteiger partial charge on any atom is 0.0998 e. The van der Waals surface area contributed by atoms with Crippen LogP contribution in [0.5, 0.6) is 0 Å². The lowest BCUT2D eigenvalue weighted by Gasteiger charge is -1.99. The maximum absolute atomic E-state index is 9.16. The van der Waals surface area contributed by atoms with Gasteiger partial charge in [0.1, 0.15) is 0 Å². The molecule has 0 unspecified atom stereocenters. The molecule has 0 amide bonds. The van der Waals surface area contributed by atoms with Crippen LogP contribution in [0.15, 0.2) is 54.6 Å². The predicted molar refractivity (Wildman–Crippen MR) is 70.8 cm³/mol. The molecule has 1 radical (unpaired) electrons. The molecule has 0 aliphatic carbocycles. The first-order valence-corrected chi connectivity index (χ1v) is 5.39. The molecule has 2 aromatic carbocycles. The molecule has 1 heteroatoms. The van der Waals surface area contributed by atoms with Crippen molar-refractivity contribution in [2.45, 2.75) is 0 Å². The summed E-state index contributed by atoms with van der Waals surface area (Å²) in [6.07, 6.45) is 1.88. The molecule has 0 fully saturated rings. The van der Waals surface area contributed by atoms with Crippen molar-refractivity contribution in [1.29, 1.82) is 5.26 Å². The molecule has 0 spiro atoms. The molecular weight excluding hydrogens is 206 g/mol. The highest BCUT2D eigenvalue weighted by Crippen LogP contribution is 2.17. The molecule has 0 saturated carbocycles. The molecule has 0 atom stereocenters. The monoisotopic (exact) mass is 218 g/mol. The van der Waals surface area contributed by atoms with E-state index in [-0.39, 0.29) is 0 Å². The van der Waals surface area contributed by atoms with E-state index in [2.05, 4.69) is 13.0 Å². The van der Waals surface area contributed by atoms with Gasteiger partial charge in [0.2, 0.25) is 0 Å². The Balaban J connectivity index is 2.37. The second kappa shape index (κ2) is 5.14. The number of hydrogen-bond donors (Lipinski definition) is 0. The molecule has 0 aromatic heterocycles. The van der Waals surface area contributed by atoms with Gasteiger partial charge in [-0.2, -0.15) is 5.26 Å². The number of hydrogen-bond acceptors (Lipinski definition) is 1. The standard InChI is InChI=1S/C16H12N/c1-13-7-9-14(10-8-13)11-16(12-17)15-5-3-2-4-6-15/h2-11H,1H2/b16-11+. The number of nitrogens with zero attached hydrogens (tertiary/aromatic N) is 1. The van der Waals surface area contributed by atoms with Crippen LogP contribution in [0.2, 0.25) is 0 Å². The Morgan fingerprint density at radius 2 is 1.65 bits per heavy atom. The third-order valence-electron chi connectivity index (χ3n) is 2.50. The molecule has 2 aromatic rings. The van der Waals surface area contributed by atoms with Crippen LogP contribution in [0.25, 0.3) is 11.6 Å². The molecule has 81 valence electrons. The van der Waals surface area contributed by atoms with Crippen LogP contribution >= 0.6 is 0 Å². The van der Waals surface area contributed by atoms with Gasteiger partial charge in [0.15, 0.2) is 0 Å². The number of benzene rings is 2. The molecule has 0 bridgehead atoms. The van der Waals surface area contributed by atoms with Crippen molar-refractivity contribution in [3.8, 4) is 6.07 Å².